The molecule has 1 aromatic heterocycles. The summed E-state index contributed by atoms with van der Waals surface area (Å²) in [5.41, 5.74) is 0.509. The summed E-state index contributed by atoms with van der Waals surface area (Å²) in [6.45, 7) is 2.71. The fourth-order valence-electron chi connectivity index (χ4n) is 4.64. The van der Waals surface area contributed by atoms with Gasteiger partial charge in [-0.1, -0.05) is 17.8 Å². The number of anilines is 1. The summed E-state index contributed by atoms with van der Waals surface area (Å²) in [5.74, 6) is 2.41. The molecule has 0 bridgehead atoms. The molecule has 0 radical (unpaired) electrons. The van der Waals surface area contributed by atoms with Gasteiger partial charge in [-0.2, -0.15) is 13.2 Å². The number of hydrogen-bond donors (Lipinski definition) is 1. The number of piperidine rings is 1. The number of aliphatic hydroxyl groups is 1. The number of nitrogens with zero attached hydrogens (tertiary/aromatic N) is 2. The van der Waals surface area contributed by atoms with Crippen LogP contribution >= 0.6 is 11.8 Å². The molecule has 1 N–H and O–H groups in total. The number of aromatic nitrogens is 1. The first kappa shape index (κ1) is 24.8. The van der Waals surface area contributed by atoms with Crippen LogP contribution in [0.4, 0.5) is 19.0 Å². The van der Waals surface area contributed by atoms with Gasteiger partial charge in [-0.15, -0.1) is 0 Å². The second-order valence-corrected chi connectivity index (χ2v) is 10.1. The number of ether oxygens (including phenoxy) is 2. The molecule has 1 saturated heterocycles. The van der Waals surface area contributed by atoms with Crippen LogP contribution in [0.25, 0.3) is 11.1 Å². The van der Waals surface area contributed by atoms with E-state index in [-0.39, 0.29) is 11.5 Å². The van der Waals surface area contributed by atoms with Crippen molar-refractivity contribution >= 4 is 17.6 Å². The minimum absolute atomic E-state index is 0.128. The second kappa shape index (κ2) is 10.6. The van der Waals surface area contributed by atoms with Gasteiger partial charge in [0.1, 0.15) is 19.0 Å². The number of pyridine rings is 1. The number of rotatable bonds is 6. The Morgan fingerprint density at radius 1 is 0.944 bits per heavy atom. The summed E-state index contributed by atoms with van der Waals surface area (Å²) in [6.07, 6.45) is -0.114. The zero-order valence-corrected chi connectivity index (χ0v) is 20.4. The number of fused-ring (bicyclic) bond motifs is 1. The predicted molar refractivity (Wildman–Crippen MR) is 133 cm³/mol. The van der Waals surface area contributed by atoms with Gasteiger partial charge >= 0.3 is 6.18 Å². The topological polar surface area (TPSA) is 54.8 Å². The molecule has 0 amide bonds. The van der Waals surface area contributed by atoms with Crippen LogP contribution < -0.4 is 14.4 Å². The fraction of sp³-hybridized carbons (Fsp3) is 0.370. The minimum Gasteiger partial charge on any atom is -0.486 e. The molecule has 0 spiro atoms. The summed E-state index contributed by atoms with van der Waals surface area (Å²) in [5, 5.41) is 9.17. The average molecular weight is 517 g/mol. The van der Waals surface area contributed by atoms with E-state index in [1.54, 1.807) is 36.5 Å². The monoisotopic (exact) mass is 516 g/mol. The maximum absolute atomic E-state index is 14.1. The van der Waals surface area contributed by atoms with Crippen molar-refractivity contribution in [3.63, 3.8) is 0 Å². The van der Waals surface area contributed by atoms with Gasteiger partial charge in [-0.3, -0.25) is 0 Å². The third kappa shape index (κ3) is 5.57. The predicted octanol–water partition coefficient (Wildman–Crippen LogP) is 6.29. The normalized spacial score (nSPS) is 16.3. The Morgan fingerprint density at radius 3 is 2.44 bits per heavy atom. The van der Waals surface area contributed by atoms with Gasteiger partial charge in [0.05, 0.1) is 5.56 Å². The van der Waals surface area contributed by atoms with E-state index in [1.165, 1.54) is 12.1 Å². The highest BCUT2D eigenvalue weighted by Gasteiger charge is 2.34. The van der Waals surface area contributed by atoms with Gasteiger partial charge in [-0.25, -0.2) is 4.98 Å². The summed E-state index contributed by atoms with van der Waals surface area (Å²) >= 11 is 1.05. The molecule has 3 aromatic rings. The zero-order valence-electron chi connectivity index (χ0n) is 19.6. The van der Waals surface area contributed by atoms with E-state index in [9.17, 15) is 18.3 Å². The highest BCUT2D eigenvalue weighted by Crippen LogP contribution is 2.43. The van der Waals surface area contributed by atoms with Crippen LogP contribution in [0.1, 0.15) is 24.8 Å². The molecular formula is C27H27F3N2O3S. The lowest BCUT2D eigenvalue weighted by atomic mass is 9.94. The van der Waals surface area contributed by atoms with Crippen molar-refractivity contribution in [2.75, 3.05) is 37.8 Å². The fourth-order valence-corrected chi connectivity index (χ4v) is 5.62. The van der Waals surface area contributed by atoms with E-state index in [4.69, 9.17) is 9.47 Å². The minimum atomic E-state index is -4.50. The lowest BCUT2D eigenvalue weighted by Crippen LogP contribution is -2.34. The molecule has 5 nitrogen and oxygen atoms in total. The van der Waals surface area contributed by atoms with Crippen molar-refractivity contribution < 1.29 is 27.8 Å². The highest BCUT2D eigenvalue weighted by molar-refractivity contribution is 7.99. The van der Waals surface area contributed by atoms with Gasteiger partial charge < -0.3 is 19.5 Å². The van der Waals surface area contributed by atoms with Gasteiger partial charge in [0.25, 0.3) is 0 Å². The third-order valence-electron chi connectivity index (χ3n) is 6.58. The van der Waals surface area contributed by atoms with E-state index in [2.05, 4.69) is 9.88 Å². The molecule has 2 aromatic carbocycles. The highest BCUT2D eigenvalue weighted by atomic mass is 32.2. The molecule has 2 aliphatic rings. The number of halogens is 3. The second-order valence-electron chi connectivity index (χ2n) is 8.96. The molecule has 1 fully saturated rings. The van der Waals surface area contributed by atoms with Crippen molar-refractivity contribution in [1.82, 2.24) is 4.98 Å². The van der Waals surface area contributed by atoms with E-state index in [0.717, 1.165) is 49.9 Å². The molecule has 0 atom stereocenters. The Bertz CT molecular complexity index is 1210. The smallest absolute Gasteiger partial charge is 0.417 e. The standard InChI is InChI=1S/C27H27F3N2O3S/c28-27(29,30)22-15-19(1-4-25(22)36-21-2-3-23-24(17-21)35-14-13-34-23)20-5-9-31-26(16-20)32-10-6-18(7-11-32)8-12-33/h1-5,9,15-18,33H,6-8,10-14H2. The van der Waals surface area contributed by atoms with Gasteiger partial charge in [0.2, 0.25) is 0 Å². The van der Waals surface area contributed by atoms with Crippen LogP contribution in [0, 0.1) is 5.92 Å². The molecule has 190 valence electrons. The lowest BCUT2D eigenvalue weighted by molar-refractivity contribution is -0.139. The molecular weight excluding hydrogens is 489 g/mol. The maximum Gasteiger partial charge on any atom is 0.417 e. The van der Waals surface area contributed by atoms with Gasteiger partial charge in [0.15, 0.2) is 11.5 Å². The van der Waals surface area contributed by atoms with E-state index >= 15 is 0 Å². The van der Waals surface area contributed by atoms with E-state index in [0.29, 0.717) is 46.7 Å². The SMILES string of the molecule is OCCC1CCN(c2cc(-c3ccc(Sc4ccc5c(c4)OCCO5)c(C(F)(F)F)c3)ccn2)CC1. The van der Waals surface area contributed by atoms with Gasteiger partial charge in [0, 0.05) is 35.7 Å². The first-order chi connectivity index (χ1) is 17.4. The Morgan fingerprint density at radius 2 is 1.69 bits per heavy atom. The summed E-state index contributed by atoms with van der Waals surface area (Å²) in [7, 11) is 0. The van der Waals surface area contributed by atoms with Crippen LogP contribution in [0.2, 0.25) is 0 Å². The summed E-state index contributed by atoms with van der Waals surface area (Å²) in [6, 6.07) is 13.2. The number of benzene rings is 2. The van der Waals surface area contributed by atoms with Crippen LogP contribution in [0.5, 0.6) is 11.5 Å². The lowest BCUT2D eigenvalue weighted by Gasteiger charge is -2.32. The zero-order chi connectivity index (χ0) is 25.1. The number of aliphatic hydroxyl groups excluding tert-OH is 1. The van der Waals surface area contributed by atoms with Crippen molar-refractivity contribution in [2.24, 2.45) is 5.92 Å². The van der Waals surface area contributed by atoms with Gasteiger partial charge in [-0.05, 0) is 78.8 Å². The van der Waals surface area contributed by atoms with Crippen LogP contribution in [0.15, 0.2) is 64.5 Å². The molecule has 3 heterocycles. The van der Waals surface area contributed by atoms with Crippen LogP contribution in [-0.4, -0.2) is 43.0 Å². The summed E-state index contributed by atoms with van der Waals surface area (Å²) < 4.78 is 53.4. The average Bonchev–Trinajstić information content (AvgIpc) is 2.89. The largest absolute Gasteiger partial charge is 0.486 e. The number of alkyl halides is 3. The Hall–Kier alpha value is -2.91. The Kier molecular flexibility index (Phi) is 7.29. The van der Waals surface area contributed by atoms with Crippen molar-refractivity contribution in [2.45, 2.75) is 35.2 Å². The maximum atomic E-state index is 14.1. The molecule has 36 heavy (non-hydrogen) atoms. The first-order valence-electron chi connectivity index (χ1n) is 12.0. The summed E-state index contributed by atoms with van der Waals surface area (Å²) in [4.78, 5) is 7.40. The quantitative estimate of drug-likeness (QED) is 0.416. The first-order valence-corrected chi connectivity index (χ1v) is 12.8. The van der Waals surface area contributed by atoms with Crippen molar-refractivity contribution in [3.05, 3.63) is 60.3 Å². The molecule has 9 heteroatoms. The van der Waals surface area contributed by atoms with E-state index in [1.807, 2.05) is 6.07 Å². The van der Waals surface area contributed by atoms with Crippen molar-refractivity contribution in [3.8, 4) is 22.6 Å². The molecule has 5 rings (SSSR count). The van der Waals surface area contributed by atoms with E-state index < -0.39 is 11.7 Å². The number of hydrogen-bond acceptors (Lipinski definition) is 6. The molecule has 0 saturated carbocycles. The van der Waals surface area contributed by atoms with Crippen LogP contribution in [-0.2, 0) is 6.18 Å². The third-order valence-corrected chi connectivity index (χ3v) is 7.65. The molecule has 0 unspecified atom stereocenters. The van der Waals surface area contributed by atoms with Crippen molar-refractivity contribution in [1.29, 1.82) is 0 Å². The molecule has 0 aliphatic carbocycles. The Balaban J connectivity index is 1.39. The molecule has 2 aliphatic heterocycles. The Labute approximate surface area is 212 Å². The van der Waals surface area contributed by atoms with Crippen LogP contribution in [0.3, 0.4) is 0 Å².